The van der Waals surface area contributed by atoms with Crippen molar-refractivity contribution < 1.29 is 8.95 Å². The molecular weight excluding hydrogens is 298 g/mol. The molecule has 1 aromatic carbocycles. The first-order valence-electron chi connectivity index (χ1n) is 7.56. The van der Waals surface area contributed by atoms with Crippen LogP contribution in [0.2, 0.25) is 0 Å². The Morgan fingerprint density at radius 2 is 2.14 bits per heavy atom. The van der Waals surface area contributed by atoms with Crippen LogP contribution in [0.5, 0.6) is 0 Å². The summed E-state index contributed by atoms with van der Waals surface area (Å²) in [5, 5.41) is 4.22. The smallest absolute Gasteiger partial charge is 0.0898 e. The molecule has 1 fully saturated rings. The second-order valence-corrected chi connectivity index (χ2v) is 6.95. The predicted molar refractivity (Wildman–Crippen MR) is 86.1 cm³/mol. The first-order chi connectivity index (χ1) is 10.8. The fraction of sp³-hybridized carbons (Fsp3) is 0.438. The van der Waals surface area contributed by atoms with Crippen LogP contribution in [-0.4, -0.2) is 57.0 Å². The van der Waals surface area contributed by atoms with Gasteiger partial charge in [0.2, 0.25) is 0 Å². The zero-order chi connectivity index (χ0) is 15.2. The normalized spacial score (nSPS) is 20.8. The van der Waals surface area contributed by atoms with E-state index in [1.165, 1.54) is 0 Å². The Labute approximate surface area is 133 Å². The lowest BCUT2D eigenvalue weighted by Gasteiger charge is -2.32. The number of nitrogens with zero attached hydrogens (tertiary/aromatic N) is 3. The Kier molecular flexibility index (Phi) is 5.37. The molecule has 2 heterocycles. The van der Waals surface area contributed by atoms with Gasteiger partial charge in [-0.1, -0.05) is 18.2 Å². The Balaban J connectivity index is 1.47. The van der Waals surface area contributed by atoms with Gasteiger partial charge in [-0.25, -0.2) is 0 Å². The number of ether oxygens (including phenoxy) is 1. The average Bonchev–Trinajstić information content (AvgIpc) is 3.07. The maximum atomic E-state index is 12.3. The number of hydrogen-bond donors (Lipinski definition) is 0. The summed E-state index contributed by atoms with van der Waals surface area (Å²) in [4.78, 5) is 3.24. The molecule has 0 spiro atoms. The number of aromatic nitrogens is 2. The summed E-state index contributed by atoms with van der Waals surface area (Å²) >= 11 is 0. The largest absolute Gasteiger partial charge is 0.374 e. The van der Waals surface area contributed by atoms with E-state index >= 15 is 0 Å². The van der Waals surface area contributed by atoms with Crippen LogP contribution >= 0.6 is 0 Å². The maximum Gasteiger partial charge on any atom is 0.0898 e. The van der Waals surface area contributed by atoms with Crippen molar-refractivity contribution >= 4 is 10.8 Å². The van der Waals surface area contributed by atoms with E-state index in [-0.39, 0.29) is 6.10 Å². The first kappa shape index (κ1) is 15.4. The quantitative estimate of drug-likeness (QED) is 0.807. The molecule has 22 heavy (non-hydrogen) atoms. The fourth-order valence-corrected chi connectivity index (χ4v) is 3.73. The van der Waals surface area contributed by atoms with Crippen molar-refractivity contribution in [1.82, 2.24) is 14.7 Å². The van der Waals surface area contributed by atoms with Gasteiger partial charge in [0.1, 0.15) is 0 Å². The molecule has 0 aliphatic carbocycles. The second kappa shape index (κ2) is 7.67. The maximum absolute atomic E-state index is 12.3. The Morgan fingerprint density at radius 1 is 1.27 bits per heavy atom. The third kappa shape index (κ3) is 4.25. The van der Waals surface area contributed by atoms with Gasteiger partial charge in [-0.15, -0.1) is 0 Å². The van der Waals surface area contributed by atoms with Crippen molar-refractivity contribution in [3.63, 3.8) is 0 Å². The van der Waals surface area contributed by atoms with E-state index in [4.69, 9.17) is 4.74 Å². The minimum atomic E-state index is -0.928. The van der Waals surface area contributed by atoms with Gasteiger partial charge in [-0.05, 0) is 18.2 Å². The molecule has 1 aliphatic heterocycles. The molecule has 2 aromatic rings. The lowest BCUT2D eigenvalue weighted by Crippen LogP contribution is -2.45. The van der Waals surface area contributed by atoms with Crippen LogP contribution in [0.15, 0.2) is 53.7 Å². The fourth-order valence-electron chi connectivity index (χ4n) is 2.61. The Morgan fingerprint density at radius 3 is 2.91 bits per heavy atom. The number of hydrogen-bond acceptors (Lipinski definition) is 4. The molecule has 0 radical (unpaired) electrons. The highest BCUT2D eigenvalue weighted by Gasteiger charge is 2.21. The van der Waals surface area contributed by atoms with Crippen LogP contribution in [-0.2, 0) is 22.1 Å². The second-order valence-electron chi connectivity index (χ2n) is 5.38. The third-order valence-corrected chi connectivity index (χ3v) is 5.12. The summed E-state index contributed by atoms with van der Waals surface area (Å²) < 4.78 is 20.0. The van der Waals surface area contributed by atoms with Crippen molar-refractivity contribution in [2.24, 2.45) is 0 Å². The van der Waals surface area contributed by atoms with Gasteiger partial charge in [0, 0.05) is 42.7 Å². The van der Waals surface area contributed by atoms with Crippen LogP contribution in [0.25, 0.3) is 0 Å². The summed E-state index contributed by atoms with van der Waals surface area (Å²) in [7, 11) is -0.928. The summed E-state index contributed by atoms with van der Waals surface area (Å²) in [6.45, 7) is 4.10. The topological polar surface area (TPSA) is 47.4 Å². The van der Waals surface area contributed by atoms with Crippen molar-refractivity contribution in [1.29, 1.82) is 0 Å². The van der Waals surface area contributed by atoms with E-state index in [9.17, 15) is 4.21 Å². The molecule has 0 N–H and O–H groups in total. The van der Waals surface area contributed by atoms with Gasteiger partial charge < -0.3 is 4.74 Å². The van der Waals surface area contributed by atoms with Gasteiger partial charge in [-0.2, -0.15) is 5.10 Å². The lowest BCUT2D eigenvalue weighted by molar-refractivity contribution is -0.0355. The van der Waals surface area contributed by atoms with Gasteiger partial charge in [0.25, 0.3) is 0 Å². The van der Waals surface area contributed by atoms with Crippen molar-refractivity contribution in [3.05, 3.63) is 48.8 Å². The molecule has 0 unspecified atom stereocenters. The molecule has 1 aromatic heterocycles. The van der Waals surface area contributed by atoms with E-state index in [1.54, 1.807) is 6.20 Å². The summed E-state index contributed by atoms with van der Waals surface area (Å²) in [5.74, 6) is 0.665. The third-order valence-electron chi connectivity index (χ3n) is 3.77. The van der Waals surface area contributed by atoms with Crippen LogP contribution in [0, 0.1) is 0 Å². The van der Waals surface area contributed by atoms with Crippen LogP contribution in [0.3, 0.4) is 0 Å². The van der Waals surface area contributed by atoms with E-state index in [0.29, 0.717) is 5.75 Å². The minimum absolute atomic E-state index is 0.152. The van der Waals surface area contributed by atoms with Gasteiger partial charge >= 0.3 is 0 Å². The summed E-state index contributed by atoms with van der Waals surface area (Å²) in [6.07, 6.45) is 3.88. The molecule has 2 atom stereocenters. The molecule has 1 aliphatic rings. The molecule has 6 heteroatoms. The number of benzene rings is 1. The predicted octanol–water partition coefficient (Wildman–Crippen LogP) is 1.39. The number of rotatable bonds is 6. The van der Waals surface area contributed by atoms with E-state index in [0.717, 1.165) is 37.7 Å². The van der Waals surface area contributed by atoms with E-state index < -0.39 is 10.8 Å². The van der Waals surface area contributed by atoms with E-state index in [2.05, 4.69) is 10.00 Å². The highest BCUT2D eigenvalue weighted by Crippen LogP contribution is 2.10. The van der Waals surface area contributed by atoms with E-state index in [1.807, 2.05) is 47.3 Å². The number of morpholine rings is 1. The molecule has 0 bridgehead atoms. The summed E-state index contributed by atoms with van der Waals surface area (Å²) in [6, 6.07) is 11.6. The Bertz CT molecular complexity index is 589. The molecule has 118 valence electrons. The minimum Gasteiger partial charge on any atom is -0.374 e. The first-order valence-corrected chi connectivity index (χ1v) is 8.88. The van der Waals surface area contributed by atoms with Crippen molar-refractivity contribution in [3.8, 4) is 0 Å². The standard InChI is InChI=1S/C16H21N3O2S/c20-22(16-5-2-1-3-6-16)12-10-18-9-11-21-15(13-18)14-19-8-4-7-17-19/h1-8,15H,9-14H2/t15-,22-/m0/s1. The van der Waals surface area contributed by atoms with Gasteiger partial charge in [-0.3, -0.25) is 13.8 Å². The summed E-state index contributed by atoms with van der Waals surface area (Å²) in [5.41, 5.74) is 0. The zero-order valence-corrected chi connectivity index (χ0v) is 13.3. The van der Waals surface area contributed by atoms with Crippen LogP contribution < -0.4 is 0 Å². The Hall–Kier alpha value is -1.50. The van der Waals surface area contributed by atoms with Gasteiger partial charge in [0.05, 0.1) is 30.1 Å². The van der Waals surface area contributed by atoms with Crippen molar-refractivity contribution in [2.75, 3.05) is 32.0 Å². The molecule has 0 saturated carbocycles. The molecule has 1 saturated heterocycles. The van der Waals surface area contributed by atoms with Gasteiger partial charge in [0.15, 0.2) is 0 Å². The molecular formula is C16H21N3O2S. The highest BCUT2D eigenvalue weighted by molar-refractivity contribution is 7.85. The monoisotopic (exact) mass is 319 g/mol. The highest BCUT2D eigenvalue weighted by atomic mass is 32.2. The zero-order valence-electron chi connectivity index (χ0n) is 12.5. The SMILES string of the molecule is O=[S@@](CCN1CCO[C@H](Cn2cccn2)C1)c1ccccc1. The molecule has 5 nitrogen and oxygen atoms in total. The van der Waals surface area contributed by atoms with Crippen molar-refractivity contribution in [2.45, 2.75) is 17.5 Å². The van der Waals surface area contributed by atoms with Crippen LogP contribution in [0.1, 0.15) is 0 Å². The molecule has 0 amide bonds. The van der Waals surface area contributed by atoms with Crippen LogP contribution in [0.4, 0.5) is 0 Å². The lowest BCUT2D eigenvalue weighted by atomic mass is 10.2. The average molecular weight is 319 g/mol. The molecule has 3 rings (SSSR count).